The SMILES string of the molecule is CC(C)c1cc(Br)c(OCCN2CCOCC2)c(C=O)c1. The van der Waals surface area contributed by atoms with Gasteiger partial charge in [-0.15, -0.1) is 0 Å². The first-order valence-electron chi connectivity index (χ1n) is 7.33. The fraction of sp³-hybridized carbons (Fsp3) is 0.562. The van der Waals surface area contributed by atoms with Crippen molar-refractivity contribution in [3.63, 3.8) is 0 Å². The van der Waals surface area contributed by atoms with Gasteiger partial charge in [0.2, 0.25) is 0 Å². The van der Waals surface area contributed by atoms with Crippen LogP contribution in [0.5, 0.6) is 5.75 Å². The summed E-state index contributed by atoms with van der Waals surface area (Å²) in [5.74, 6) is 1.02. The van der Waals surface area contributed by atoms with Crippen LogP contribution in [0.1, 0.15) is 35.7 Å². The van der Waals surface area contributed by atoms with Gasteiger partial charge in [0.1, 0.15) is 12.4 Å². The molecular formula is C16H22BrNO3. The number of halogens is 1. The van der Waals surface area contributed by atoms with E-state index in [1.165, 1.54) is 0 Å². The molecule has 0 amide bonds. The Labute approximate surface area is 134 Å². The van der Waals surface area contributed by atoms with E-state index in [1.54, 1.807) is 0 Å². The smallest absolute Gasteiger partial charge is 0.153 e. The number of aldehydes is 1. The van der Waals surface area contributed by atoms with Crippen LogP contribution in [0.15, 0.2) is 16.6 Å². The normalized spacial score (nSPS) is 16.2. The van der Waals surface area contributed by atoms with E-state index in [2.05, 4.69) is 34.7 Å². The third-order valence-corrected chi connectivity index (χ3v) is 4.23. The summed E-state index contributed by atoms with van der Waals surface area (Å²) in [5.41, 5.74) is 1.74. The van der Waals surface area contributed by atoms with E-state index in [9.17, 15) is 4.79 Å². The second-order valence-corrected chi connectivity index (χ2v) is 6.35. The Morgan fingerprint density at radius 2 is 2.10 bits per heavy atom. The summed E-state index contributed by atoms with van der Waals surface area (Å²) in [6.07, 6.45) is 0.862. The molecule has 1 aliphatic heterocycles. The van der Waals surface area contributed by atoms with Crippen LogP contribution >= 0.6 is 15.9 Å². The van der Waals surface area contributed by atoms with Crippen LogP contribution in [0.2, 0.25) is 0 Å². The maximum absolute atomic E-state index is 11.3. The lowest BCUT2D eigenvalue weighted by Crippen LogP contribution is -2.38. The molecule has 0 bridgehead atoms. The molecule has 5 heteroatoms. The molecule has 1 fully saturated rings. The molecule has 0 saturated carbocycles. The number of hydrogen-bond acceptors (Lipinski definition) is 4. The van der Waals surface area contributed by atoms with Crippen molar-refractivity contribution in [3.8, 4) is 5.75 Å². The molecule has 1 saturated heterocycles. The highest BCUT2D eigenvalue weighted by molar-refractivity contribution is 9.10. The van der Waals surface area contributed by atoms with Crippen LogP contribution < -0.4 is 4.74 Å². The molecule has 1 aromatic rings. The number of benzene rings is 1. The second-order valence-electron chi connectivity index (χ2n) is 5.50. The molecule has 0 spiro atoms. The number of hydrogen-bond donors (Lipinski definition) is 0. The van der Waals surface area contributed by atoms with Crippen LogP contribution in [0.3, 0.4) is 0 Å². The van der Waals surface area contributed by atoms with Crippen LogP contribution in [0.25, 0.3) is 0 Å². The van der Waals surface area contributed by atoms with Crippen molar-refractivity contribution < 1.29 is 14.3 Å². The fourth-order valence-corrected chi connectivity index (χ4v) is 2.92. The standard InChI is InChI=1S/C16H22BrNO3/c1-12(2)13-9-14(11-19)16(15(17)10-13)21-8-5-18-3-6-20-7-4-18/h9-12H,3-8H2,1-2H3. The minimum Gasteiger partial charge on any atom is -0.490 e. The zero-order valence-corrected chi connectivity index (χ0v) is 14.2. The summed E-state index contributed by atoms with van der Waals surface area (Å²) in [7, 11) is 0. The molecule has 1 aromatic carbocycles. The van der Waals surface area contributed by atoms with E-state index in [0.29, 0.717) is 23.8 Å². The summed E-state index contributed by atoms with van der Waals surface area (Å²) in [4.78, 5) is 13.6. The van der Waals surface area contributed by atoms with Gasteiger partial charge in [0.05, 0.1) is 23.2 Å². The predicted molar refractivity (Wildman–Crippen MR) is 86.4 cm³/mol. The Bertz CT molecular complexity index is 485. The summed E-state index contributed by atoms with van der Waals surface area (Å²) < 4.78 is 12.0. The third-order valence-electron chi connectivity index (χ3n) is 3.65. The maximum atomic E-state index is 11.3. The second kappa shape index (κ2) is 7.92. The van der Waals surface area contributed by atoms with Crippen molar-refractivity contribution in [1.82, 2.24) is 4.90 Å². The number of nitrogens with zero attached hydrogens (tertiary/aromatic N) is 1. The van der Waals surface area contributed by atoms with E-state index in [4.69, 9.17) is 9.47 Å². The van der Waals surface area contributed by atoms with Crippen LogP contribution in [-0.2, 0) is 4.74 Å². The highest BCUT2D eigenvalue weighted by atomic mass is 79.9. The Morgan fingerprint density at radius 1 is 1.38 bits per heavy atom. The van der Waals surface area contributed by atoms with Gasteiger partial charge in [-0.1, -0.05) is 13.8 Å². The van der Waals surface area contributed by atoms with Gasteiger partial charge in [0.25, 0.3) is 0 Å². The molecule has 4 nitrogen and oxygen atoms in total. The van der Waals surface area contributed by atoms with E-state index in [0.717, 1.165) is 49.2 Å². The molecule has 0 aromatic heterocycles. The van der Waals surface area contributed by atoms with Gasteiger partial charge in [0, 0.05) is 19.6 Å². The summed E-state index contributed by atoms with van der Waals surface area (Å²) in [6.45, 7) is 9.08. The van der Waals surface area contributed by atoms with Crippen molar-refractivity contribution in [2.24, 2.45) is 0 Å². The minimum atomic E-state index is 0.377. The third kappa shape index (κ3) is 4.53. The Hall–Kier alpha value is -0.910. The van der Waals surface area contributed by atoms with Crippen molar-refractivity contribution >= 4 is 22.2 Å². The quantitative estimate of drug-likeness (QED) is 0.735. The van der Waals surface area contributed by atoms with E-state index in [-0.39, 0.29) is 0 Å². The zero-order chi connectivity index (χ0) is 15.2. The number of rotatable bonds is 6. The highest BCUT2D eigenvalue weighted by Gasteiger charge is 2.14. The number of morpholine rings is 1. The molecule has 0 aliphatic carbocycles. The van der Waals surface area contributed by atoms with Crippen LogP contribution in [-0.4, -0.2) is 50.6 Å². The van der Waals surface area contributed by atoms with E-state index < -0.39 is 0 Å². The van der Waals surface area contributed by atoms with Crippen LogP contribution in [0, 0.1) is 0 Å². The Kier molecular flexibility index (Phi) is 6.21. The largest absolute Gasteiger partial charge is 0.490 e. The Balaban J connectivity index is 2.00. The zero-order valence-electron chi connectivity index (χ0n) is 12.6. The minimum absolute atomic E-state index is 0.377. The molecule has 21 heavy (non-hydrogen) atoms. The first-order chi connectivity index (χ1) is 10.1. The lowest BCUT2D eigenvalue weighted by atomic mass is 10.0. The van der Waals surface area contributed by atoms with Crippen molar-refractivity contribution in [1.29, 1.82) is 0 Å². The topological polar surface area (TPSA) is 38.8 Å². The van der Waals surface area contributed by atoms with E-state index >= 15 is 0 Å². The van der Waals surface area contributed by atoms with Crippen LogP contribution in [0.4, 0.5) is 0 Å². The summed E-state index contributed by atoms with van der Waals surface area (Å²) >= 11 is 3.52. The first-order valence-corrected chi connectivity index (χ1v) is 8.12. The predicted octanol–water partition coefficient (Wildman–Crippen LogP) is 3.10. The molecule has 1 heterocycles. The number of carbonyl (C=O) groups is 1. The molecule has 0 atom stereocenters. The number of carbonyl (C=O) groups excluding carboxylic acids is 1. The molecule has 1 aliphatic rings. The Morgan fingerprint density at radius 3 is 2.71 bits per heavy atom. The molecule has 2 rings (SSSR count). The molecule has 0 unspecified atom stereocenters. The summed E-state index contributed by atoms with van der Waals surface area (Å²) in [6, 6.07) is 3.94. The fourth-order valence-electron chi connectivity index (χ4n) is 2.31. The molecule has 0 radical (unpaired) electrons. The molecular weight excluding hydrogens is 334 g/mol. The average Bonchev–Trinajstić information content (AvgIpc) is 2.49. The monoisotopic (exact) mass is 355 g/mol. The van der Waals surface area contributed by atoms with Crippen molar-refractivity contribution in [2.75, 3.05) is 39.5 Å². The van der Waals surface area contributed by atoms with Gasteiger partial charge in [0.15, 0.2) is 6.29 Å². The van der Waals surface area contributed by atoms with Gasteiger partial charge < -0.3 is 9.47 Å². The number of ether oxygens (including phenoxy) is 2. The lowest BCUT2D eigenvalue weighted by Gasteiger charge is -2.26. The van der Waals surface area contributed by atoms with Crippen molar-refractivity contribution in [3.05, 3.63) is 27.7 Å². The van der Waals surface area contributed by atoms with Gasteiger partial charge in [-0.05, 0) is 39.5 Å². The van der Waals surface area contributed by atoms with Gasteiger partial charge in [-0.2, -0.15) is 0 Å². The van der Waals surface area contributed by atoms with Gasteiger partial charge >= 0.3 is 0 Å². The van der Waals surface area contributed by atoms with E-state index in [1.807, 2.05) is 12.1 Å². The first kappa shape index (κ1) is 16.5. The molecule has 0 N–H and O–H groups in total. The highest BCUT2D eigenvalue weighted by Crippen LogP contribution is 2.32. The average molecular weight is 356 g/mol. The van der Waals surface area contributed by atoms with Gasteiger partial charge in [-0.25, -0.2) is 0 Å². The summed E-state index contributed by atoms with van der Waals surface area (Å²) in [5, 5.41) is 0. The maximum Gasteiger partial charge on any atom is 0.153 e. The van der Waals surface area contributed by atoms with Gasteiger partial charge in [-0.3, -0.25) is 9.69 Å². The van der Waals surface area contributed by atoms with Crippen molar-refractivity contribution in [2.45, 2.75) is 19.8 Å². The lowest BCUT2D eigenvalue weighted by molar-refractivity contribution is 0.0322. The molecule has 116 valence electrons.